The molecule has 0 aliphatic carbocycles. The molecule has 0 heterocycles. The fourth-order valence-corrected chi connectivity index (χ4v) is 2.26. The van der Waals surface area contributed by atoms with Crippen LogP contribution in [0.25, 0.3) is 0 Å². The number of nitriles is 1. The van der Waals surface area contributed by atoms with E-state index in [1.807, 2.05) is 61.5 Å². The van der Waals surface area contributed by atoms with Gasteiger partial charge in [0.15, 0.2) is 0 Å². The van der Waals surface area contributed by atoms with Crippen LogP contribution in [0.1, 0.15) is 17.5 Å². The third kappa shape index (κ3) is 4.19. The van der Waals surface area contributed by atoms with Crippen LogP contribution in [-0.2, 0) is 11.2 Å². The molecule has 2 aromatic rings. The summed E-state index contributed by atoms with van der Waals surface area (Å²) < 4.78 is 0. The minimum atomic E-state index is 0.0158. The second-order valence-electron chi connectivity index (χ2n) is 4.95. The molecular weight excluding hydrogens is 260 g/mol. The largest absolute Gasteiger partial charge is 0.311 e. The molecule has 0 saturated carbocycles. The maximum Gasteiger partial charge on any atom is 0.231 e. The van der Waals surface area contributed by atoms with Crippen LogP contribution in [0, 0.1) is 18.3 Å². The number of para-hydroxylation sites is 1. The minimum absolute atomic E-state index is 0.0158. The highest BCUT2D eigenvalue weighted by Gasteiger charge is 2.15. The number of aryl methyl sites for hydroxylation is 1. The molecule has 0 spiro atoms. The molecule has 0 unspecified atom stereocenters. The number of benzene rings is 2. The molecule has 3 nitrogen and oxygen atoms in total. The number of anilines is 1. The van der Waals surface area contributed by atoms with Gasteiger partial charge in [-0.25, -0.2) is 0 Å². The van der Waals surface area contributed by atoms with Gasteiger partial charge in [0.1, 0.15) is 0 Å². The van der Waals surface area contributed by atoms with E-state index in [0.717, 1.165) is 16.8 Å². The molecule has 21 heavy (non-hydrogen) atoms. The Hall–Kier alpha value is -2.60. The minimum Gasteiger partial charge on any atom is -0.311 e. The monoisotopic (exact) mass is 278 g/mol. The molecule has 0 bridgehead atoms. The Morgan fingerprint density at radius 1 is 1.14 bits per heavy atom. The standard InChI is InChI=1S/C18H18N2O/c1-15-7-5-8-16(13-15)14-18(21)20(12-6-11-19)17-9-3-2-4-10-17/h2-5,7-10,13H,6,12,14H2,1H3. The smallest absolute Gasteiger partial charge is 0.231 e. The summed E-state index contributed by atoms with van der Waals surface area (Å²) in [6.07, 6.45) is 0.677. The number of hydrogen-bond donors (Lipinski definition) is 0. The van der Waals surface area contributed by atoms with Gasteiger partial charge >= 0.3 is 0 Å². The number of nitrogens with zero attached hydrogens (tertiary/aromatic N) is 2. The van der Waals surface area contributed by atoms with Crippen molar-refractivity contribution in [3.63, 3.8) is 0 Å². The molecule has 0 radical (unpaired) electrons. The van der Waals surface area contributed by atoms with Crippen LogP contribution >= 0.6 is 0 Å². The van der Waals surface area contributed by atoms with Crippen molar-refractivity contribution in [3.8, 4) is 6.07 Å². The van der Waals surface area contributed by atoms with Gasteiger partial charge in [0.05, 0.1) is 18.9 Å². The predicted octanol–water partition coefficient (Wildman–Crippen LogP) is 3.48. The van der Waals surface area contributed by atoms with Gasteiger partial charge in [0, 0.05) is 12.2 Å². The molecule has 0 aliphatic rings. The van der Waals surface area contributed by atoms with E-state index in [0.29, 0.717) is 19.4 Å². The number of rotatable bonds is 5. The molecule has 2 rings (SSSR count). The third-order valence-corrected chi connectivity index (χ3v) is 3.25. The third-order valence-electron chi connectivity index (χ3n) is 3.25. The van der Waals surface area contributed by atoms with Crippen molar-refractivity contribution in [1.29, 1.82) is 5.26 Å². The molecule has 106 valence electrons. The lowest BCUT2D eigenvalue weighted by Crippen LogP contribution is -2.33. The maximum atomic E-state index is 12.5. The lowest BCUT2D eigenvalue weighted by molar-refractivity contribution is -0.118. The fourth-order valence-electron chi connectivity index (χ4n) is 2.26. The number of carbonyl (C=O) groups is 1. The van der Waals surface area contributed by atoms with Gasteiger partial charge in [0.25, 0.3) is 0 Å². The summed E-state index contributed by atoms with van der Waals surface area (Å²) in [7, 11) is 0. The van der Waals surface area contributed by atoms with Crippen LogP contribution in [0.4, 0.5) is 5.69 Å². The van der Waals surface area contributed by atoms with Crippen LogP contribution in [0.3, 0.4) is 0 Å². The summed E-state index contributed by atoms with van der Waals surface area (Å²) in [5, 5.41) is 8.78. The van der Waals surface area contributed by atoms with E-state index in [1.54, 1.807) is 4.90 Å². The first kappa shape index (κ1) is 14.8. The fraction of sp³-hybridized carbons (Fsp3) is 0.222. The van der Waals surface area contributed by atoms with Gasteiger partial charge in [-0.1, -0.05) is 48.0 Å². The normalized spacial score (nSPS) is 9.90. The van der Waals surface area contributed by atoms with E-state index in [2.05, 4.69) is 6.07 Å². The van der Waals surface area contributed by atoms with Crippen LogP contribution in [0.5, 0.6) is 0 Å². The Morgan fingerprint density at radius 3 is 2.57 bits per heavy atom. The van der Waals surface area contributed by atoms with E-state index in [9.17, 15) is 4.79 Å². The second-order valence-corrected chi connectivity index (χ2v) is 4.95. The highest BCUT2D eigenvalue weighted by atomic mass is 16.2. The molecule has 0 saturated heterocycles. The Kier molecular flexibility index (Phi) is 5.11. The van der Waals surface area contributed by atoms with Crippen LogP contribution in [0.15, 0.2) is 54.6 Å². The van der Waals surface area contributed by atoms with Gasteiger partial charge in [0.2, 0.25) is 5.91 Å². The van der Waals surface area contributed by atoms with Crippen molar-refractivity contribution in [1.82, 2.24) is 0 Å². The van der Waals surface area contributed by atoms with Crippen LogP contribution < -0.4 is 4.90 Å². The first-order chi connectivity index (χ1) is 10.2. The molecule has 0 atom stereocenters. The van der Waals surface area contributed by atoms with E-state index < -0.39 is 0 Å². The molecule has 0 N–H and O–H groups in total. The lowest BCUT2D eigenvalue weighted by Gasteiger charge is -2.22. The van der Waals surface area contributed by atoms with Crippen LogP contribution in [-0.4, -0.2) is 12.5 Å². The van der Waals surface area contributed by atoms with Gasteiger partial charge < -0.3 is 4.90 Å². The summed E-state index contributed by atoms with van der Waals surface area (Å²) >= 11 is 0. The van der Waals surface area contributed by atoms with Crippen molar-refractivity contribution >= 4 is 11.6 Å². The Labute approximate surface area is 125 Å². The van der Waals surface area contributed by atoms with Crippen molar-refractivity contribution in [3.05, 3.63) is 65.7 Å². The van der Waals surface area contributed by atoms with Gasteiger partial charge in [-0.05, 0) is 24.6 Å². The van der Waals surface area contributed by atoms with E-state index in [-0.39, 0.29) is 5.91 Å². The maximum absolute atomic E-state index is 12.5. The van der Waals surface area contributed by atoms with Crippen molar-refractivity contribution in [2.45, 2.75) is 19.8 Å². The second kappa shape index (κ2) is 7.25. The molecule has 1 amide bonds. The van der Waals surface area contributed by atoms with Crippen molar-refractivity contribution in [2.75, 3.05) is 11.4 Å². The zero-order chi connectivity index (χ0) is 15.1. The molecule has 3 heteroatoms. The first-order valence-corrected chi connectivity index (χ1v) is 6.98. The highest BCUT2D eigenvalue weighted by Crippen LogP contribution is 2.16. The summed E-state index contributed by atoms with van der Waals surface area (Å²) in [5.74, 6) is 0.0158. The van der Waals surface area contributed by atoms with Crippen molar-refractivity contribution in [2.24, 2.45) is 0 Å². The summed E-state index contributed by atoms with van der Waals surface area (Å²) in [5.41, 5.74) is 2.98. The summed E-state index contributed by atoms with van der Waals surface area (Å²) in [6, 6.07) is 19.5. The molecule has 2 aromatic carbocycles. The Balaban J connectivity index is 2.17. The Morgan fingerprint density at radius 2 is 1.90 bits per heavy atom. The van der Waals surface area contributed by atoms with Gasteiger partial charge in [-0.15, -0.1) is 0 Å². The van der Waals surface area contributed by atoms with Gasteiger partial charge in [-0.3, -0.25) is 4.79 Å². The number of carbonyl (C=O) groups excluding carboxylic acids is 1. The predicted molar refractivity (Wildman–Crippen MR) is 83.9 cm³/mol. The van der Waals surface area contributed by atoms with E-state index in [4.69, 9.17) is 5.26 Å². The van der Waals surface area contributed by atoms with Crippen molar-refractivity contribution < 1.29 is 4.79 Å². The zero-order valence-corrected chi connectivity index (χ0v) is 12.1. The first-order valence-electron chi connectivity index (χ1n) is 6.98. The quantitative estimate of drug-likeness (QED) is 0.840. The average Bonchev–Trinajstić information content (AvgIpc) is 2.49. The molecule has 0 aliphatic heterocycles. The van der Waals surface area contributed by atoms with E-state index in [1.165, 1.54) is 0 Å². The molecule has 0 aromatic heterocycles. The Bertz CT molecular complexity index is 644. The summed E-state index contributed by atoms with van der Waals surface area (Å²) in [6.45, 7) is 2.43. The molecular formula is C18H18N2O. The average molecular weight is 278 g/mol. The van der Waals surface area contributed by atoms with E-state index >= 15 is 0 Å². The zero-order valence-electron chi connectivity index (χ0n) is 12.1. The highest BCUT2D eigenvalue weighted by molar-refractivity contribution is 5.94. The number of amides is 1. The lowest BCUT2D eigenvalue weighted by atomic mass is 10.1. The van der Waals surface area contributed by atoms with Gasteiger partial charge in [-0.2, -0.15) is 5.26 Å². The SMILES string of the molecule is Cc1cccc(CC(=O)N(CCC#N)c2ccccc2)c1. The number of hydrogen-bond acceptors (Lipinski definition) is 2. The molecule has 0 fully saturated rings. The van der Waals surface area contributed by atoms with Crippen LogP contribution in [0.2, 0.25) is 0 Å². The topological polar surface area (TPSA) is 44.1 Å². The summed E-state index contributed by atoms with van der Waals surface area (Å²) in [4.78, 5) is 14.2.